The highest BCUT2D eigenvalue weighted by molar-refractivity contribution is 8.14. The van der Waals surface area contributed by atoms with Crippen LogP contribution in [0.2, 0.25) is 5.02 Å². The topological polar surface area (TPSA) is 96.0 Å². The Morgan fingerprint density at radius 2 is 2.05 bits per heavy atom. The number of benzene rings is 1. The van der Waals surface area contributed by atoms with Crippen molar-refractivity contribution in [3.8, 4) is 0 Å². The first kappa shape index (κ1) is 25.6. The number of thioether (sulfide) groups is 1. The van der Waals surface area contributed by atoms with Crippen molar-refractivity contribution >= 4 is 51.7 Å². The molecule has 1 aliphatic heterocycles. The fraction of sp³-hybridized carbons (Fsp3) is 0.269. The molecule has 0 saturated carbocycles. The van der Waals surface area contributed by atoms with Crippen LogP contribution in [0.4, 0.5) is 4.39 Å². The number of rotatable bonds is 5. The lowest BCUT2D eigenvalue weighted by Gasteiger charge is -2.23. The highest BCUT2D eigenvalue weighted by atomic mass is 35.5. The van der Waals surface area contributed by atoms with E-state index in [4.69, 9.17) is 23.8 Å². The number of hydrogen-bond acceptors (Lipinski definition) is 6. The second kappa shape index (κ2) is 11.1. The molecule has 2 aliphatic rings. The average Bonchev–Trinajstić information content (AvgIpc) is 3.22. The van der Waals surface area contributed by atoms with Gasteiger partial charge in [0.1, 0.15) is 5.82 Å². The summed E-state index contributed by atoms with van der Waals surface area (Å²) in [6, 6.07) is 7.70. The minimum Gasteiger partial charge on any atom is -0.357 e. The Hall–Kier alpha value is -3.08. The van der Waals surface area contributed by atoms with Gasteiger partial charge in [-0.3, -0.25) is 19.6 Å². The maximum atomic E-state index is 14.7. The summed E-state index contributed by atoms with van der Waals surface area (Å²) in [4.78, 5) is 32.9. The molecule has 0 radical (unpaired) electrons. The van der Waals surface area contributed by atoms with Crippen molar-refractivity contribution in [1.29, 1.82) is 0 Å². The van der Waals surface area contributed by atoms with Gasteiger partial charge < -0.3 is 16.0 Å². The van der Waals surface area contributed by atoms with Crippen LogP contribution >= 0.6 is 35.6 Å². The molecule has 0 spiro atoms. The molecular weight excluding hydrogens is 533 g/mol. The standard InChI is InChI=1S/C26H23ClFN5O2S2/c27-19-10-15(24(34)32-21-7-9-37-25(21)35)11-30-22(19)13-31-26(36)33-23-17-2-1-3-20(28)16(17)5-4-14-6-8-29-12-18(14)23/h1-3,6,8,10-12,21,23H,4-5,7,9,13H2,(H,32,34)(H2,31,33,36)/t21-,23?/m1/s1. The van der Waals surface area contributed by atoms with Crippen LogP contribution in [-0.4, -0.2) is 37.9 Å². The van der Waals surface area contributed by atoms with Gasteiger partial charge in [0.05, 0.1) is 34.9 Å². The van der Waals surface area contributed by atoms with E-state index in [-0.39, 0.29) is 29.1 Å². The van der Waals surface area contributed by atoms with Gasteiger partial charge in [0.25, 0.3) is 5.91 Å². The van der Waals surface area contributed by atoms with Crippen LogP contribution < -0.4 is 16.0 Å². The molecular formula is C26H23ClFN5O2S2. The van der Waals surface area contributed by atoms with Gasteiger partial charge in [0, 0.05) is 29.9 Å². The van der Waals surface area contributed by atoms with Crippen molar-refractivity contribution in [2.45, 2.75) is 37.9 Å². The minimum atomic E-state index is -0.482. The Kier molecular flexibility index (Phi) is 7.68. The van der Waals surface area contributed by atoms with Crippen molar-refractivity contribution in [2.75, 3.05) is 5.75 Å². The Labute approximate surface area is 228 Å². The summed E-state index contributed by atoms with van der Waals surface area (Å²) in [5, 5.41) is 9.75. The van der Waals surface area contributed by atoms with Crippen LogP contribution in [0.3, 0.4) is 0 Å². The number of aryl methyl sites for hydroxylation is 1. The third kappa shape index (κ3) is 5.61. The van der Waals surface area contributed by atoms with Gasteiger partial charge in [-0.2, -0.15) is 0 Å². The first-order valence-electron chi connectivity index (χ1n) is 11.8. The summed E-state index contributed by atoms with van der Waals surface area (Å²) in [7, 11) is 0. The van der Waals surface area contributed by atoms with E-state index < -0.39 is 11.9 Å². The van der Waals surface area contributed by atoms with Gasteiger partial charge in [0.2, 0.25) is 5.12 Å². The van der Waals surface area contributed by atoms with E-state index in [1.54, 1.807) is 18.5 Å². The van der Waals surface area contributed by atoms with Gasteiger partial charge in [-0.05, 0) is 66.4 Å². The number of thiocarbonyl (C=S) groups is 1. The second-order valence-electron chi connectivity index (χ2n) is 8.78. The summed E-state index contributed by atoms with van der Waals surface area (Å²) >= 11 is 13.2. The van der Waals surface area contributed by atoms with Crippen LogP contribution in [0.15, 0.2) is 48.9 Å². The monoisotopic (exact) mass is 555 g/mol. The molecule has 11 heteroatoms. The molecule has 5 rings (SSSR count). The summed E-state index contributed by atoms with van der Waals surface area (Å²) in [5.74, 6) is 0.0729. The number of amides is 1. The van der Waals surface area contributed by atoms with Gasteiger partial charge in [0.15, 0.2) is 5.11 Å². The normalized spacial score (nSPS) is 18.4. The third-order valence-corrected chi connectivity index (χ3v) is 8.08. The number of halogens is 2. The predicted octanol–water partition coefficient (Wildman–Crippen LogP) is 3.88. The zero-order valence-electron chi connectivity index (χ0n) is 19.6. The Bertz CT molecular complexity index is 1390. The average molecular weight is 556 g/mol. The number of fused-ring (bicyclic) bond motifs is 2. The molecule has 1 aliphatic carbocycles. The molecule has 1 saturated heterocycles. The Morgan fingerprint density at radius 3 is 2.84 bits per heavy atom. The van der Waals surface area contributed by atoms with E-state index in [1.165, 1.54) is 30.1 Å². The molecule has 1 amide bonds. The molecule has 1 unspecified atom stereocenters. The fourth-order valence-corrected chi connectivity index (χ4v) is 5.91. The molecule has 2 atom stereocenters. The summed E-state index contributed by atoms with van der Waals surface area (Å²) in [5.41, 5.74) is 4.30. The number of carbonyl (C=O) groups is 2. The van der Waals surface area contributed by atoms with E-state index in [9.17, 15) is 14.0 Å². The van der Waals surface area contributed by atoms with Crippen molar-refractivity contribution < 1.29 is 14.0 Å². The molecule has 3 aromatic rings. The summed E-state index contributed by atoms with van der Waals surface area (Å²) < 4.78 is 14.7. The van der Waals surface area contributed by atoms with Gasteiger partial charge in [-0.25, -0.2) is 4.39 Å². The van der Waals surface area contributed by atoms with Crippen molar-refractivity contribution in [2.24, 2.45) is 0 Å². The molecule has 37 heavy (non-hydrogen) atoms. The van der Waals surface area contributed by atoms with Crippen LogP contribution in [0.25, 0.3) is 0 Å². The molecule has 2 aromatic heterocycles. The SMILES string of the molecule is O=C(N[C@@H]1CCSC1=O)c1cnc(CNC(=S)NC2c3cnccc3CCc3c(F)cccc32)c(Cl)c1. The number of aromatic nitrogens is 2. The predicted molar refractivity (Wildman–Crippen MR) is 145 cm³/mol. The molecule has 1 fully saturated rings. The fourth-order valence-electron chi connectivity index (χ4n) is 4.55. The van der Waals surface area contributed by atoms with E-state index in [1.807, 2.05) is 12.1 Å². The minimum absolute atomic E-state index is 0.0355. The van der Waals surface area contributed by atoms with Crippen molar-refractivity contribution in [3.63, 3.8) is 0 Å². The van der Waals surface area contributed by atoms with E-state index in [0.29, 0.717) is 46.4 Å². The lowest BCUT2D eigenvalue weighted by Crippen LogP contribution is -2.38. The van der Waals surface area contributed by atoms with Gasteiger partial charge in [-0.1, -0.05) is 35.5 Å². The first-order chi connectivity index (χ1) is 17.9. The second-order valence-corrected chi connectivity index (χ2v) is 10.7. The van der Waals surface area contributed by atoms with Gasteiger partial charge >= 0.3 is 0 Å². The van der Waals surface area contributed by atoms with Gasteiger partial charge in [-0.15, -0.1) is 0 Å². The van der Waals surface area contributed by atoms with E-state index >= 15 is 0 Å². The number of nitrogens with zero attached hydrogens (tertiary/aromatic N) is 2. The highest BCUT2D eigenvalue weighted by Gasteiger charge is 2.28. The van der Waals surface area contributed by atoms with Crippen molar-refractivity contribution in [3.05, 3.63) is 93.3 Å². The molecule has 0 bridgehead atoms. The van der Waals surface area contributed by atoms with Crippen LogP contribution in [0.1, 0.15) is 50.8 Å². The highest BCUT2D eigenvalue weighted by Crippen LogP contribution is 2.33. The molecule has 190 valence electrons. The quantitative estimate of drug-likeness (QED) is 0.408. The molecule has 1 aromatic carbocycles. The zero-order chi connectivity index (χ0) is 25.9. The molecule has 3 heterocycles. The number of carbonyl (C=O) groups excluding carboxylic acids is 2. The van der Waals surface area contributed by atoms with Crippen LogP contribution in [-0.2, 0) is 24.2 Å². The van der Waals surface area contributed by atoms with E-state index in [0.717, 1.165) is 16.7 Å². The third-order valence-electron chi connectivity index (χ3n) is 6.48. The number of nitrogens with one attached hydrogen (secondary N) is 3. The number of hydrogen-bond donors (Lipinski definition) is 3. The maximum Gasteiger partial charge on any atom is 0.253 e. The first-order valence-corrected chi connectivity index (χ1v) is 13.5. The van der Waals surface area contributed by atoms with E-state index in [2.05, 4.69) is 25.9 Å². The van der Waals surface area contributed by atoms with Crippen LogP contribution in [0, 0.1) is 5.82 Å². The smallest absolute Gasteiger partial charge is 0.253 e. The van der Waals surface area contributed by atoms with Crippen molar-refractivity contribution in [1.82, 2.24) is 25.9 Å². The molecule has 7 nitrogen and oxygen atoms in total. The summed E-state index contributed by atoms with van der Waals surface area (Å²) in [6.07, 6.45) is 6.85. The molecule has 3 N–H and O–H groups in total. The lowest BCUT2D eigenvalue weighted by atomic mass is 9.96. The maximum absolute atomic E-state index is 14.7. The Balaban J connectivity index is 1.27. The zero-order valence-corrected chi connectivity index (χ0v) is 22.0. The van der Waals surface area contributed by atoms with Crippen LogP contribution in [0.5, 0.6) is 0 Å². The number of pyridine rings is 2. The largest absolute Gasteiger partial charge is 0.357 e. The Morgan fingerprint density at radius 1 is 1.19 bits per heavy atom. The summed E-state index contributed by atoms with van der Waals surface area (Å²) in [6.45, 7) is 0.215. The lowest BCUT2D eigenvalue weighted by molar-refractivity contribution is -0.112.